The molecule has 0 aliphatic heterocycles. The third-order valence-electron chi connectivity index (χ3n) is 2.84. The molecule has 6 heteroatoms. The van der Waals surface area contributed by atoms with Gasteiger partial charge in [-0.05, 0) is 24.2 Å². The highest BCUT2D eigenvalue weighted by molar-refractivity contribution is 5.80. The molecule has 6 nitrogen and oxygen atoms in total. The first-order chi connectivity index (χ1) is 8.78. The summed E-state index contributed by atoms with van der Waals surface area (Å²) < 4.78 is 4.96. The fourth-order valence-electron chi connectivity index (χ4n) is 2.02. The molecule has 0 spiro atoms. The van der Waals surface area contributed by atoms with Crippen molar-refractivity contribution in [3.63, 3.8) is 0 Å². The topological polar surface area (TPSA) is 101 Å². The number of fused-ring (bicyclic) bond motifs is 1. The number of benzene rings is 1. The van der Waals surface area contributed by atoms with Crippen molar-refractivity contribution in [2.24, 2.45) is 5.73 Å². The van der Waals surface area contributed by atoms with E-state index in [9.17, 15) is 4.79 Å². The molecule has 0 atom stereocenters. The number of nitrogens with two attached hydrogens (primary N) is 1. The molecule has 4 N–H and O–H groups in total. The predicted octanol–water partition coefficient (Wildman–Crippen LogP) is 1.01. The Labute approximate surface area is 102 Å². The van der Waals surface area contributed by atoms with Crippen LogP contribution in [-0.4, -0.2) is 21.7 Å². The number of nitrogens with one attached hydrogen (secondary N) is 2. The van der Waals surface area contributed by atoms with E-state index in [4.69, 9.17) is 10.2 Å². The zero-order valence-electron chi connectivity index (χ0n) is 9.56. The molecule has 2 aromatic heterocycles. The van der Waals surface area contributed by atoms with Crippen molar-refractivity contribution >= 4 is 11.1 Å². The minimum Gasteiger partial charge on any atom is -0.408 e. The number of aromatic nitrogens is 3. The standard InChI is InChI=1S/C12H12N4O2/c13-4-3-9-8(6-14-16-9)7-1-2-11-10(5-7)15-12(17)18-11/h1-2,5-6H,3-4,13H2,(H,14,16)(H,15,17). The molecule has 92 valence electrons. The molecular formula is C12H12N4O2. The van der Waals surface area contributed by atoms with Crippen LogP contribution in [0.2, 0.25) is 0 Å². The van der Waals surface area contributed by atoms with Crippen molar-refractivity contribution in [1.29, 1.82) is 0 Å². The molecule has 18 heavy (non-hydrogen) atoms. The Morgan fingerprint density at radius 1 is 1.39 bits per heavy atom. The lowest BCUT2D eigenvalue weighted by atomic mass is 10.0. The molecule has 0 saturated carbocycles. The summed E-state index contributed by atoms with van der Waals surface area (Å²) in [5.41, 5.74) is 9.73. The summed E-state index contributed by atoms with van der Waals surface area (Å²) in [6.07, 6.45) is 2.49. The Kier molecular flexibility index (Phi) is 2.49. The van der Waals surface area contributed by atoms with Gasteiger partial charge in [0.1, 0.15) is 0 Å². The van der Waals surface area contributed by atoms with Crippen LogP contribution in [0, 0.1) is 0 Å². The van der Waals surface area contributed by atoms with Crippen molar-refractivity contribution in [1.82, 2.24) is 15.2 Å². The Hall–Kier alpha value is -2.34. The molecular weight excluding hydrogens is 232 g/mol. The van der Waals surface area contributed by atoms with Crippen LogP contribution in [0.15, 0.2) is 33.6 Å². The van der Waals surface area contributed by atoms with Crippen molar-refractivity contribution < 1.29 is 4.42 Å². The van der Waals surface area contributed by atoms with Crippen LogP contribution in [0.4, 0.5) is 0 Å². The summed E-state index contributed by atoms with van der Waals surface area (Å²) in [6, 6.07) is 5.52. The number of hydrogen-bond acceptors (Lipinski definition) is 4. The van der Waals surface area contributed by atoms with Gasteiger partial charge in [-0.25, -0.2) is 4.79 Å². The maximum absolute atomic E-state index is 11.1. The molecule has 0 aliphatic rings. The summed E-state index contributed by atoms with van der Waals surface area (Å²) in [5, 5.41) is 6.96. The second-order valence-electron chi connectivity index (χ2n) is 4.03. The first-order valence-corrected chi connectivity index (χ1v) is 5.63. The second kappa shape index (κ2) is 4.15. The Balaban J connectivity index is 2.12. The Morgan fingerprint density at radius 2 is 2.28 bits per heavy atom. The molecule has 0 unspecified atom stereocenters. The van der Waals surface area contributed by atoms with Crippen LogP contribution in [0.25, 0.3) is 22.2 Å². The minimum atomic E-state index is -0.448. The monoisotopic (exact) mass is 244 g/mol. The van der Waals surface area contributed by atoms with Crippen LogP contribution >= 0.6 is 0 Å². The normalized spacial score (nSPS) is 11.2. The number of H-pyrrole nitrogens is 2. The van der Waals surface area contributed by atoms with E-state index in [0.29, 0.717) is 17.6 Å². The maximum atomic E-state index is 11.1. The van der Waals surface area contributed by atoms with Gasteiger partial charge in [0, 0.05) is 17.7 Å². The lowest BCUT2D eigenvalue weighted by Crippen LogP contribution is -2.03. The van der Waals surface area contributed by atoms with E-state index in [1.807, 2.05) is 12.1 Å². The van der Waals surface area contributed by atoms with E-state index in [1.165, 1.54) is 0 Å². The molecule has 0 aliphatic carbocycles. The van der Waals surface area contributed by atoms with Gasteiger partial charge in [-0.15, -0.1) is 0 Å². The minimum absolute atomic E-state index is 0.448. The van der Waals surface area contributed by atoms with Crippen molar-refractivity contribution in [2.45, 2.75) is 6.42 Å². The van der Waals surface area contributed by atoms with Crippen LogP contribution in [0.1, 0.15) is 5.69 Å². The molecule has 1 aromatic carbocycles. The van der Waals surface area contributed by atoms with Crippen molar-refractivity contribution in [2.75, 3.05) is 6.54 Å². The van der Waals surface area contributed by atoms with Crippen LogP contribution < -0.4 is 11.5 Å². The number of oxazole rings is 1. The fourth-order valence-corrected chi connectivity index (χ4v) is 2.02. The van der Waals surface area contributed by atoms with E-state index in [1.54, 1.807) is 12.3 Å². The van der Waals surface area contributed by atoms with Gasteiger partial charge in [-0.3, -0.25) is 10.1 Å². The zero-order chi connectivity index (χ0) is 12.5. The van der Waals surface area contributed by atoms with E-state index >= 15 is 0 Å². The highest BCUT2D eigenvalue weighted by Crippen LogP contribution is 2.25. The largest absolute Gasteiger partial charge is 0.417 e. The number of hydrogen-bond donors (Lipinski definition) is 3. The fraction of sp³-hybridized carbons (Fsp3) is 0.167. The molecule has 0 bridgehead atoms. The summed E-state index contributed by atoms with van der Waals surface area (Å²) in [6.45, 7) is 0.556. The lowest BCUT2D eigenvalue weighted by molar-refractivity contribution is 0.555. The summed E-state index contributed by atoms with van der Waals surface area (Å²) in [7, 11) is 0. The highest BCUT2D eigenvalue weighted by Gasteiger charge is 2.09. The van der Waals surface area contributed by atoms with Crippen molar-refractivity contribution in [3.05, 3.63) is 40.6 Å². The number of nitrogens with zero attached hydrogens (tertiary/aromatic N) is 1. The summed E-state index contributed by atoms with van der Waals surface area (Å²) in [5.74, 6) is -0.448. The quantitative estimate of drug-likeness (QED) is 0.640. The van der Waals surface area contributed by atoms with E-state index in [-0.39, 0.29) is 0 Å². The van der Waals surface area contributed by atoms with Gasteiger partial charge < -0.3 is 10.2 Å². The van der Waals surface area contributed by atoms with Gasteiger partial charge in [0.05, 0.1) is 11.7 Å². The van der Waals surface area contributed by atoms with E-state index in [2.05, 4.69) is 15.2 Å². The smallest absolute Gasteiger partial charge is 0.408 e. The maximum Gasteiger partial charge on any atom is 0.417 e. The van der Waals surface area contributed by atoms with Gasteiger partial charge in [-0.1, -0.05) is 6.07 Å². The average Bonchev–Trinajstić information content (AvgIpc) is 2.93. The highest BCUT2D eigenvalue weighted by atomic mass is 16.4. The Bertz CT molecular complexity index is 738. The van der Waals surface area contributed by atoms with Gasteiger partial charge >= 0.3 is 5.76 Å². The second-order valence-corrected chi connectivity index (χ2v) is 4.03. The molecule has 0 fully saturated rings. The first kappa shape index (κ1) is 10.8. The lowest BCUT2D eigenvalue weighted by Gasteiger charge is -2.01. The van der Waals surface area contributed by atoms with Gasteiger partial charge in [0.15, 0.2) is 5.58 Å². The summed E-state index contributed by atoms with van der Waals surface area (Å²) in [4.78, 5) is 13.7. The molecule has 3 aromatic rings. The van der Waals surface area contributed by atoms with E-state index < -0.39 is 5.76 Å². The summed E-state index contributed by atoms with van der Waals surface area (Å²) >= 11 is 0. The Morgan fingerprint density at radius 3 is 3.11 bits per heavy atom. The SMILES string of the molecule is NCCc1[nH]ncc1-c1ccc2oc(=O)[nH]c2c1. The molecule has 3 rings (SSSR count). The van der Waals surface area contributed by atoms with Crippen LogP contribution in [0.3, 0.4) is 0 Å². The van der Waals surface area contributed by atoms with Crippen molar-refractivity contribution in [3.8, 4) is 11.1 Å². The van der Waals surface area contributed by atoms with Crippen LogP contribution in [0.5, 0.6) is 0 Å². The molecule has 0 saturated heterocycles. The number of rotatable bonds is 3. The van der Waals surface area contributed by atoms with Gasteiger partial charge in [-0.2, -0.15) is 5.10 Å². The molecule has 2 heterocycles. The third kappa shape index (κ3) is 1.72. The van der Waals surface area contributed by atoms with Gasteiger partial charge in [0.25, 0.3) is 0 Å². The van der Waals surface area contributed by atoms with Gasteiger partial charge in [0.2, 0.25) is 0 Å². The molecule has 0 amide bonds. The molecule has 0 radical (unpaired) electrons. The van der Waals surface area contributed by atoms with E-state index in [0.717, 1.165) is 23.2 Å². The predicted molar refractivity (Wildman–Crippen MR) is 67.2 cm³/mol. The van der Waals surface area contributed by atoms with Crippen LogP contribution in [-0.2, 0) is 6.42 Å². The number of aromatic amines is 2. The zero-order valence-corrected chi connectivity index (χ0v) is 9.56. The first-order valence-electron chi connectivity index (χ1n) is 5.63. The third-order valence-corrected chi connectivity index (χ3v) is 2.84. The average molecular weight is 244 g/mol.